The lowest BCUT2D eigenvalue weighted by Gasteiger charge is -2.32. The minimum Gasteiger partial charge on any atom is -0.382 e. The third kappa shape index (κ3) is 3.33. The largest absolute Gasteiger partial charge is 0.382 e. The molecule has 0 radical (unpaired) electrons. The van der Waals surface area contributed by atoms with E-state index in [2.05, 4.69) is 17.3 Å². The molecule has 1 N–H and O–H groups in total. The molecular formula is C13H18ClFN2. The summed E-state index contributed by atoms with van der Waals surface area (Å²) >= 11 is 5.97. The number of hydrogen-bond acceptors (Lipinski definition) is 2. The number of nitrogens with zero attached hydrogens (tertiary/aromatic N) is 1. The minimum absolute atomic E-state index is 0.296. The smallest absolute Gasteiger partial charge is 0.124 e. The van der Waals surface area contributed by atoms with Crippen molar-refractivity contribution in [3.63, 3.8) is 0 Å². The van der Waals surface area contributed by atoms with E-state index in [9.17, 15) is 4.39 Å². The second kappa shape index (κ2) is 5.69. The molecule has 1 aromatic carbocycles. The fourth-order valence-corrected chi connectivity index (χ4v) is 2.50. The number of anilines is 1. The van der Waals surface area contributed by atoms with Crippen LogP contribution >= 0.6 is 11.6 Å². The van der Waals surface area contributed by atoms with Crippen LogP contribution in [-0.4, -0.2) is 31.1 Å². The second-order valence-electron chi connectivity index (χ2n) is 4.64. The van der Waals surface area contributed by atoms with Crippen LogP contribution in [0.5, 0.6) is 0 Å². The Hall–Kier alpha value is -0.800. The molecule has 2 nitrogen and oxygen atoms in total. The Morgan fingerprint density at radius 2 is 2.29 bits per heavy atom. The van der Waals surface area contributed by atoms with Crippen LogP contribution in [0.1, 0.15) is 19.3 Å². The van der Waals surface area contributed by atoms with E-state index in [0.717, 1.165) is 18.8 Å². The SMILES string of the molecule is CN1CCCCC1CNc1ccc(F)cc1Cl. The second-order valence-corrected chi connectivity index (χ2v) is 5.04. The van der Waals surface area contributed by atoms with Crippen molar-refractivity contribution in [2.24, 2.45) is 0 Å². The van der Waals surface area contributed by atoms with Crippen molar-refractivity contribution >= 4 is 17.3 Å². The third-order valence-corrected chi connectivity index (χ3v) is 3.69. The Balaban J connectivity index is 1.92. The van der Waals surface area contributed by atoms with E-state index in [1.54, 1.807) is 6.07 Å². The van der Waals surface area contributed by atoms with Crippen LogP contribution in [0.15, 0.2) is 18.2 Å². The standard InChI is InChI=1S/C13H18ClFN2/c1-17-7-3-2-4-11(17)9-16-13-6-5-10(15)8-12(13)14/h5-6,8,11,16H,2-4,7,9H2,1H3. The van der Waals surface area contributed by atoms with Crippen molar-refractivity contribution in [2.75, 3.05) is 25.5 Å². The molecule has 0 saturated carbocycles. The predicted octanol–water partition coefficient (Wildman–Crippen LogP) is 3.38. The van der Waals surface area contributed by atoms with Crippen LogP contribution in [0.25, 0.3) is 0 Å². The maximum absolute atomic E-state index is 12.9. The fourth-order valence-electron chi connectivity index (χ4n) is 2.26. The molecule has 0 bridgehead atoms. The lowest BCUT2D eigenvalue weighted by atomic mass is 10.0. The first-order chi connectivity index (χ1) is 8.16. The molecule has 1 heterocycles. The number of rotatable bonds is 3. The van der Waals surface area contributed by atoms with Crippen molar-refractivity contribution in [1.29, 1.82) is 0 Å². The maximum Gasteiger partial charge on any atom is 0.124 e. The minimum atomic E-state index is -0.296. The average Bonchev–Trinajstić information content (AvgIpc) is 2.30. The Morgan fingerprint density at radius 3 is 3.00 bits per heavy atom. The van der Waals surface area contributed by atoms with E-state index < -0.39 is 0 Å². The summed E-state index contributed by atoms with van der Waals surface area (Å²) in [7, 11) is 2.15. The molecule has 1 aliphatic heterocycles. The highest BCUT2D eigenvalue weighted by Crippen LogP contribution is 2.23. The van der Waals surface area contributed by atoms with Gasteiger partial charge in [0, 0.05) is 12.6 Å². The van der Waals surface area contributed by atoms with E-state index >= 15 is 0 Å². The van der Waals surface area contributed by atoms with Crippen LogP contribution in [-0.2, 0) is 0 Å². The number of likely N-dealkylation sites (N-methyl/N-ethyl adjacent to an activating group) is 1. The lowest BCUT2D eigenvalue weighted by Crippen LogP contribution is -2.40. The maximum atomic E-state index is 12.9. The molecule has 1 saturated heterocycles. The molecule has 17 heavy (non-hydrogen) atoms. The highest BCUT2D eigenvalue weighted by molar-refractivity contribution is 6.33. The molecule has 94 valence electrons. The van der Waals surface area contributed by atoms with Crippen molar-refractivity contribution in [3.05, 3.63) is 29.0 Å². The summed E-state index contributed by atoms with van der Waals surface area (Å²) in [5, 5.41) is 3.75. The van der Waals surface area contributed by atoms with Gasteiger partial charge in [-0.25, -0.2) is 4.39 Å². The van der Waals surface area contributed by atoms with Gasteiger partial charge < -0.3 is 10.2 Å². The van der Waals surface area contributed by atoms with Gasteiger partial charge in [-0.3, -0.25) is 0 Å². The topological polar surface area (TPSA) is 15.3 Å². The molecule has 0 spiro atoms. The molecule has 1 aliphatic rings. The van der Waals surface area contributed by atoms with Gasteiger partial charge in [0.15, 0.2) is 0 Å². The number of benzene rings is 1. The van der Waals surface area contributed by atoms with Gasteiger partial charge >= 0.3 is 0 Å². The molecule has 0 aromatic heterocycles. The number of halogens is 2. The van der Waals surface area contributed by atoms with Gasteiger partial charge in [0.05, 0.1) is 10.7 Å². The van der Waals surface area contributed by atoms with Crippen molar-refractivity contribution in [1.82, 2.24) is 4.90 Å². The Labute approximate surface area is 107 Å². The molecule has 2 rings (SSSR count). The van der Waals surface area contributed by atoms with E-state index in [0.29, 0.717) is 11.1 Å². The molecule has 1 atom stereocenters. The molecule has 1 aromatic rings. The summed E-state index contributed by atoms with van der Waals surface area (Å²) in [6, 6.07) is 5.01. The molecule has 0 aliphatic carbocycles. The first kappa shape index (κ1) is 12.7. The summed E-state index contributed by atoms with van der Waals surface area (Å²) in [4.78, 5) is 2.37. The number of nitrogens with one attached hydrogen (secondary N) is 1. The zero-order chi connectivity index (χ0) is 12.3. The van der Waals surface area contributed by atoms with Crippen LogP contribution in [0.3, 0.4) is 0 Å². The normalized spacial score (nSPS) is 21.5. The lowest BCUT2D eigenvalue weighted by molar-refractivity contribution is 0.194. The third-order valence-electron chi connectivity index (χ3n) is 3.38. The Kier molecular flexibility index (Phi) is 4.24. The van der Waals surface area contributed by atoms with E-state index in [1.165, 1.54) is 31.4 Å². The zero-order valence-corrected chi connectivity index (χ0v) is 10.8. The van der Waals surface area contributed by atoms with Crippen LogP contribution in [0, 0.1) is 5.82 Å². The summed E-state index contributed by atoms with van der Waals surface area (Å²) in [5.41, 5.74) is 0.812. The predicted molar refractivity (Wildman–Crippen MR) is 70.2 cm³/mol. The summed E-state index contributed by atoms with van der Waals surface area (Å²) < 4.78 is 12.9. The van der Waals surface area contributed by atoms with Crippen LogP contribution in [0.2, 0.25) is 5.02 Å². The van der Waals surface area contributed by atoms with Crippen LogP contribution < -0.4 is 5.32 Å². The van der Waals surface area contributed by atoms with Gasteiger partial charge in [-0.1, -0.05) is 18.0 Å². The number of likely N-dealkylation sites (tertiary alicyclic amines) is 1. The number of piperidine rings is 1. The first-order valence-corrected chi connectivity index (χ1v) is 6.44. The van der Waals surface area contributed by atoms with Crippen molar-refractivity contribution < 1.29 is 4.39 Å². The van der Waals surface area contributed by atoms with Gasteiger partial charge in [-0.05, 0) is 44.6 Å². The van der Waals surface area contributed by atoms with E-state index in [-0.39, 0.29) is 5.82 Å². The van der Waals surface area contributed by atoms with Gasteiger partial charge in [-0.15, -0.1) is 0 Å². The molecular weight excluding hydrogens is 239 g/mol. The number of hydrogen-bond donors (Lipinski definition) is 1. The van der Waals surface area contributed by atoms with Gasteiger partial charge in [0.2, 0.25) is 0 Å². The van der Waals surface area contributed by atoms with Crippen LogP contribution in [0.4, 0.5) is 10.1 Å². The van der Waals surface area contributed by atoms with Gasteiger partial charge in [0.25, 0.3) is 0 Å². The van der Waals surface area contributed by atoms with Gasteiger partial charge in [0.1, 0.15) is 5.82 Å². The van der Waals surface area contributed by atoms with E-state index in [1.807, 2.05) is 0 Å². The Bertz CT molecular complexity index is 384. The first-order valence-electron chi connectivity index (χ1n) is 6.06. The molecule has 1 unspecified atom stereocenters. The molecule has 1 fully saturated rings. The fraction of sp³-hybridized carbons (Fsp3) is 0.538. The highest BCUT2D eigenvalue weighted by Gasteiger charge is 2.18. The zero-order valence-electron chi connectivity index (χ0n) is 10.0. The monoisotopic (exact) mass is 256 g/mol. The molecule has 0 amide bonds. The summed E-state index contributed by atoms with van der Waals surface area (Å²) in [6.45, 7) is 2.02. The average molecular weight is 257 g/mol. The summed E-state index contributed by atoms with van der Waals surface area (Å²) in [5.74, 6) is -0.296. The molecule has 4 heteroatoms. The van der Waals surface area contributed by atoms with Crippen molar-refractivity contribution in [2.45, 2.75) is 25.3 Å². The van der Waals surface area contributed by atoms with E-state index in [4.69, 9.17) is 11.6 Å². The quantitative estimate of drug-likeness (QED) is 0.892. The van der Waals surface area contributed by atoms with Gasteiger partial charge in [-0.2, -0.15) is 0 Å². The Morgan fingerprint density at radius 1 is 1.47 bits per heavy atom. The highest BCUT2D eigenvalue weighted by atomic mass is 35.5. The van der Waals surface area contributed by atoms with Crippen molar-refractivity contribution in [3.8, 4) is 0 Å². The summed E-state index contributed by atoms with van der Waals surface area (Å²) in [6.07, 6.45) is 3.78.